The van der Waals surface area contributed by atoms with Crippen LogP contribution in [0.4, 0.5) is 19.3 Å². The first kappa shape index (κ1) is 32.0. The number of benzene rings is 1. The van der Waals surface area contributed by atoms with Gasteiger partial charge in [-0.05, 0) is 64.1 Å². The van der Waals surface area contributed by atoms with E-state index in [9.17, 15) is 18.4 Å². The average Bonchev–Trinajstić information content (AvgIpc) is 3.26. The Bertz CT molecular complexity index is 1140. The molecule has 39 heavy (non-hydrogen) atoms. The van der Waals surface area contributed by atoms with E-state index >= 15 is 0 Å². The molecule has 1 saturated heterocycles. The molecular weight excluding hydrogens is 530 g/mol. The summed E-state index contributed by atoms with van der Waals surface area (Å²) in [6.07, 6.45) is 4.79. The summed E-state index contributed by atoms with van der Waals surface area (Å²) in [5.74, 6) is -2.19. The van der Waals surface area contributed by atoms with Crippen LogP contribution in [0, 0.1) is 5.41 Å². The zero-order valence-electron chi connectivity index (χ0n) is 23.0. The third kappa shape index (κ3) is 8.90. The molecule has 0 radical (unpaired) electrons. The molecular formula is C28H37ClF2N4O4. The number of halogens is 3. The fourth-order valence-corrected chi connectivity index (χ4v) is 4.36. The molecule has 2 atom stereocenters. The highest BCUT2D eigenvalue weighted by atomic mass is 35.5. The third-order valence-corrected chi connectivity index (χ3v) is 6.93. The fraction of sp³-hybridized carbons (Fsp3) is 0.464. The molecule has 1 aliphatic heterocycles. The van der Waals surface area contributed by atoms with E-state index in [0.29, 0.717) is 38.2 Å². The number of anilines is 1. The second-order valence-corrected chi connectivity index (χ2v) is 10.2. The molecule has 8 nitrogen and oxygen atoms in total. The van der Waals surface area contributed by atoms with Gasteiger partial charge in [-0.25, -0.2) is 18.4 Å². The summed E-state index contributed by atoms with van der Waals surface area (Å²) in [6.45, 7) is 8.56. The molecule has 1 aromatic carbocycles. The van der Waals surface area contributed by atoms with Crippen LogP contribution < -0.4 is 10.3 Å². The number of carboxylic acids is 1. The quantitative estimate of drug-likeness (QED) is 0.194. The first-order valence-electron chi connectivity index (χ1n) is 12.6. The van der Waals surface area contributed by atoms with Crippen molar-refractivity contribution >= 4 is 35.6 Å². The predicted octanol–water partition coefficient (Wildman–Crippen LogP) is 6.61. The first-order valence-corrected chi connectivity index (χ1v) is 13.1. The zero-order valence-corrected chi connectivity index (χ0v) is 23.8. The predicted molar refractivity (Wildman–Crippen MR) is 150 cm³/mol. The molecule has 1 aliphatic rings. The number of nitrogens with one attached hydrogen (secondary N) is 1. The summed E-state index contributed by atoms with van der Waals surface area (Å²) in [4.78, 5) is 27.3. The van der Waals surface area contributed by atoms with Crippen LogP contribution >= 0.6 is 11.6 Å². The molecule has 214 valence electrons. The molecule has 2 rings (SSSR count). The van der Waals surface area contributed by atoms with Gasteiger partial charge in [0.1, 0.15) is 17.3 Å². The zero-order chi connectivity index (χ0) is 29.2. The van der Waals surface area contributed by atoms with Crippen LogP contribution in [-0.4, -0.2) is 60.6 Å². The summed E-state index contributed by atoms with van der Waals surface area (Å²) in [5, 5.41) is 13.2. The molecule has 0 spiro atoms. The molecule has 11 heteroatoms. The van der Waals surface area contributed by atoms with E-state index in [2.05, 4.69) is 15.4 Å². The van der Waals surface area contributed by atoms with Gasteiger partial charge >= 0.3 is 12.1 Å². The van der Waals surface area contributed by atoms with Crippen molar-refractivity contribution < 1.29 is 28.2 Å². The number of aromatic carboxylic acids is 1. The second kappa shape index (κ2) is 14.2. The Morgan fingerprint density at radius 2 is 2.03 bits per heavy atom. The summed E-state index contributed by atoms with van der Waals surface area (Å²) in [6, 6.07) is 6.13. The maximum atomic E-state index is 14.3. The number of carbonyl (C=O) groups excluding carboxylic acids is 1. The number of rotatable bonds is 14. The normalized spacial score (nSPS) is 20.5. The standard InChI is InChI=1S/C28H37ClF2N4O4/c1-6-24(31)27(4,14-22(30)15-29)18-33-32-16-20(3)17-34(5)13-12-28(7-2)19-35(26(38)39-28)23-10-8-21(9-11-23)25(36)37/h6,8-11,15-16,18,32H,7,12-14,17,19H2,1-5H3,(H,36,37)/b20-16+,22-15-,24-6+,33-18+. The lowest BCUT2D eigenvalue weighted by molar-refractivity contribution is 0.0397. The summed E-state index contributed by atoms with van der Waals surface area (Å²) >= 11 is 5.40. The van der Waals surface area contributed by atoms with Crippen molar-refractivity contribution in [2.24, 2.45) is 10.5 Å². The largest absolute Gasteiger partial charge is 0.478 e. The second-order valence-electron chi connectivity index (χ2n) is 10.00. The van der Waals surface area contributed by atoms with Gasteiger partial charge in [0.15, 0.2) is 0 Å². The highest BCUT2D eigenvalue weighted by Gasteiger charge is 2.44. The minimum absolute atomic E-state index is 0.148. The Hall–Kier alpha value is -3.24. The number of ether oxygens (including phenoxy) is 1. The van der Waals surface area contributed by atoms with Crippen molar-refractivity contribution in [2.75, 3.05) is 31.6 Å². The van der Waals surface area contributed by atoms with Gasteiger partial charge in [-0.2, -0.15) is 5.10 Å². The van der Waals surface area contributed by atoms with Crippen molar-refractivity contribution in [1.82, 2.24) is 10.3 Å². The van der Waals surface area contributed by atoms with Gasteiger partial charge in [0.05, 0.1) is 17.5 Å². The molecule has 0 aromatic heterocycles. The van der Waals surface area contributed by atoms with E-state index < -0.39 is 34.7 Å². The number of likely N-dealkylation sites (N-methyl/N-ethyl adjacent to an activating group) is 1. The molecule has 0 saturated carbocycles. The van der Waals surface area contributed by atoms with Gasteiger partial charge in [0.25, 0.3) is 0 Å². The highest BCUT2D eigenvalue weighted by Crippen LogP contribution is 2.34. The van der Waals surface area contributed by atoms with Crippen LogP contribution in [0.3, 0.4) is 0 Å². The minimum Gasteiger partial charge on any atom is -0.478 e. The van der Waals surface area contributed by atoms with E-state index in [1.807, 2.05) is 20.9 Å². The number of carbonyl (C=O) groups is 2. The van der Waals surface area contributed by atoms with Crippen LogP contribution in [0.2, 0.25) is 0 Å². The summed E-state index contributed by atoms with van der Waals surface area (Å²) < 4.78 is 33.8. The lowest BCUT2D eigenvalue weighted by Gasteiger charge is -2.28. The lowest BCUT2D eigenvalue weighted by atomic mass is 9.86. The molecule has 1 heterocycles. The van der Waals surface area contributed by atoms with E-state index in [1.54, 1.807) is 18.3 Å². The summed E-state index contributed by atoms with van der Waals surface area (Å²) in [7, 11) is 1.95. The maximum Gasteiger partial charge on any atom is 0.415 e. The Balaban J connectivity index is 1.94. The van der Waals surface area contributed by atoms with Gasteiger partial charge in [0, 0.05) is 49.6 Å². The number of hydrogen-bond acceptors (Lipinski definition) is 6. The first-order chi connectivity index (χ1) is 18.4. The van der Waals surface area contributed by atoms with Crippen molar-refractivity contribution in [3.8, 4) is 0 Å². The lowest BCUT2D eigenvalue weighted by Crippen LogP contribution is -2.38. The van der Waals surface area contributed by atoms with Gasteiger partial charge in [-0.1, -0.05) is 24.6 Å². The SMILES string of the molecule is C/C=C(/F)C(C)(/C=N/N/C=C(\C)CN(C)CCC1(CC)CN(c2ccc(C(=O)O)cc2)C(=O)O1)C/C(F)=C/Cl. The molecule has 0 aliphatic carbocycles. The molecule has 1 aromatic rings. The number of allylic oxidation sites excluding steroid dienone is 3. The number of carboxylic acid groups (broad SMARTS) is 1. The van der Waals surface area contributed by atoms with Gasteiger partial charge < -0.3 is 14.7 Å². The van der Waals surface area contributed by atoms with Gasteiger partial charge in [-0.3, -0.25) is 10.3 Å². The number of hydrogen-bond donors (Lipinski definition) is 2. The topological polar surface area (TPSA) is 94.5 Å². The van der Waals surface area contributed by atoms with Crippen LogP contribution in [0.25, 0.3) is 0 Å². The van der Waals surface area contributed by atoms with Gasteiger partial charge in [-0.15, -0.1) is 0 Å². The van der Waals surface area contributed by atoms with E-state index in [4.69, 9.17) is 21.4 Å². The minimum atomic E-state index is -1.27. The molecule has 1 fully saturated rings. The molecule has 2 N–H and O–H groups in total. The molecule has 1 amide bonds. The van der Waals surface area contributed by atoms with Crippen molar-refractivity contribution in [3.05, 3.63) is 64.9 Å². The highest BCUT2D eigenvalue weighted by molar-refractivity contribution is 6.25. The van der Waals surface area contributed by atoms with Crippen LogP contribution in [0.5, 0.6) is 0 Å². The number of cyclic esters (lactones) is 1. The Kier molecular flexibility index (Phi) is 11.7. The fourth-order valence-electron chi connectivity index (χ4n) is 4.28. The van der Waals surface area contributed by atoms with Crippen molar-refractivity contribution in [2.45, 2.75) is 52.6 Å². The number of nitrogens with zero attached hydrogens (tertiary/aromatic N) is 3. The van der Waals surface area contributed by atoms with Crippen LogP contribution in [0.1, 0.15) is 57.3 Å². The van der Waals surface area contributed by atoms with Crippen LogP contribution in [0.15, 0.2) is 64.4 Å². The monoisotopic (exact) mass is 566 g/mol. The molecule has 2 unspecified atom stereocenters. The van der Waals surface area contributed by atoms with E-state index in [0.717, 1.165) is 11.1 Å². The van der Waals surface area contributed by atoms with Gasteiger partial charge in [0.2, 0.25) is 0 Å². The van der Waals surface area contributed by atoms with E-state index in [-0.39, 0.29) is 12.0 Å². The maximum absolute atomic E-state index is 14.3. The Morgan fingerprint density at radius 3 is 2.59 bits per heavy atom. The van der Waals surface area contributed by atoms with Crippen molar-refractivity contribution in [1.29, 1.82) is 0 Å². The van der Waals surface area contributed by atoms with Crippen LogP contribution in [-0.2, 0) is 4.74 Å². The number of amides is 1. The summed E-state index contributed by atoms with van der Waals surface area (Å²) in [5.41, 5.74) is 3.31. The Labute approximate surface area is 233 Å². The van der Waals surface area contributed by atoms with E-state index in [1.165, 1.54) is 43.2 Å². The van der Waals surface area contributed by atoms with Crippen molar-refractivity contribution in [3.63, 3.8) is 0 Å². The smallest absolute Gasteiger partial charge is 0.415 e. The average molecular weight is 567 g/mol. The number of hydrazone groups is 1. The third-order valence-electron chi connectivity index (χ3n) is 6.70. The molecule has 0 bridgehead atoms. The Morgan fingerprint density at radius 1 is 1.36 bits per heavy atom.